The van der Waals surface area contributed by atoms with Crippen LogP contribution in [0.15, 0.2) is 163 Å². The molecule has 206 valence electrons. The predicted molar refractivity (Wildman–Crippen MR) is 182 cm³/mol. The van der Waals surface area contributed by atoms with Gasteiger partial charge >= 0.3 is 0 Å². The zero-order chi connectivity index (χ0) is 29.4. The van der Waals surface area contributed by atoms with E-state index in [1.165, 1.54) is 0 Å². The van der Waals surface area contributed by atoms with Crippen LogP contribution in [0, 0.1) is 0 Å². The highest BCUT2D eigenvalue weighted by molar-refractivity contribution is 5.83. The summed E-state index contributed by atoms with van der Waals surface area (Å²) in [6.07, 6.45) is 7.89. The molecule has 0 N–H and O–H groups in total. The van der Waals surface area contributed by atoms with Gasteiger partial charge in [0.25, 0.3) is 0 Å². The summed E-state index contributed by atoms with van der Waals surface area (Å²) in [4.78, 5) is 14.3. The summed E-state index contributed by atoms with van der Waals surface area (Å²) in [5.74, 6) is 0. The quantitative estimate of drug-likeness (QED) is 0.139. The molecule has 0 spiro atoms. The highest BCUT2D eigenvalue weighted by Gasteiger charge is 2.13. The first kappa shape index (κ1) is 27.5. The van der Waals surface area contributed by atoms with Gasteiger partial charge in [-0.3, -0.25) is 9.98 Å². The highest BCUT2D eigenvalue weighted by Crippen LogP contribution is 2.35. The summed E-state index contributed by atoms with van der Waals surface area (Å²) in [6, 6.07) is 46.0. The molecule has 0 atom stereocenters. The molecule has 2 aromatic heterocycles. The first-order chi connectivity index (χ1) is 21.2. The fourth-order valence-electron chi connectivity index (χ4n) is 5.09. The molecule has 0 saturated heterocycles. The Bertz CT molecular complexity index is 1850. The Balaban J connectivity index is 1.53. The van der Waals surface area contributed by atoms with Gasteiger partial charge in [-0.2, -0.15) is 0 Å². The molecule has 6 rings (SSSR count). The topological polar surface area (TPSA) is 38.1 Å². The van der Waals surface area contributed by atoms with Crippen LogP contribution in [0.25, 0.3) is 61.7 Å². The van der Waals surface area contributed by atoms with Crippen LogP contribution in [0.2, 0.25) is 0 Å². The number of hydrogen-bond acceptors (Lipinski definition) is 3. The molecule has 0 fully saturated rings. The second kappa shape index (κ2) is 12.9. The standard InChI is InChI=1S/C40H31N3/c1-3-4-20-37(41-2)35-23-33(24-36(25-35)38-22-21-32(28-42-38)29-14-8-5-9-15-29)34-26-39(30-16-10-6-11-17-30)43-40(27-34)31-18-12-7-13-19-31/h3-28H,2H2,1H3/b4-3-,37-20-. The van der Waals surface area contributed by atoms with E-state index in [0.29, 0.717) is 0 Å². The van der Waals surface area contributed by atoms with Crippen molar-refractivity contribution in [1.29, 1.82) is 0 Å². The van der Waals surface area contributed by atoms with Crippen molar-refractivity contribution in [3.05, 3.63) is 163 Å². The summed E-state index contributed by atoms with van der Waals surface area (Å²) < 4.78 is 0. The summed E-state index contributed by atoms with van der Waals surface area (Å²) in [7, 11) is 0. The van der Waals surface area contributed by atoms with Crippen LogP contribution >= 0.6 is 0 Å². The molecule has 4 aromatic carbocycles. The van der Waals surface area contributed by atoms with Crippen molar-refractivity contribution in [2.45, 2.75) is 6.92 Å². The van der Waals surface area contributed by atoms with Crippen molar-refractivity contribution in [3.63, 3.8) is 0 Å². The van der Waals surface area contributed by atoms with Gasteiger partial charge in [0, 0.05) is 34.0 Å². The monoisotopic (exact) mass is 553 g/mol. The van der Waals surface area contributed by atoms with E-state index in [9.17, 15) is 0 Å². The first-order valence-electron chi connectivity index (χ1n) is 14.3. The number of rotatable bonds is 8. The van der Waals surface area contributed by atoms with Gasteiger partial charge in [-0.25, -0.2) is 4.98 Å². The third kappa shape index (κ3) is 6.32. The largest absolute Gasteiger partial charge is 0.264 e. The number of nitrogens with zero attached hydrogens (tertiary/aromatic N) is 3. The van der Waals surface area contributed by atoms with Crippen LogP contribution < -0.4 is 0 Å². The first-order valence-corrected chi connectivity index (χ1v) is 14.3. The minimum Gasteiger partial charge on any atom is -0.264 e. The normalized spacial score (nSPS) is 11.5. The molecule has 43 heavy (non-hydrogen) atoms. The Morgan fingerprint density at radius 1 is 0.558 bits per heavy atom. The minimum absolute atomic E-state index is 0.794. The van der Waals surface area contributed by atoms with E-state index in [2.05, 4.69) is 90.6 Å². The lowest BCUT2D eigenvalue weighted by atomic mass is 9.94. The number of benzene rings is 4. The van der Waals surface area contributed by atoms with Crippen LogP contribution in [0.4, 0.5) is 0 Å². The molecular weight excluding hydrogens is 522 g/mol. The number of aliphatic imine (C=N–C) groups is 1. The smallest absolute Gasteiger partial charge is 0.0715 e. The molecular formula is C40H31N3. The molecule has 6 aromatic rings. The SMILES string of the molecule is C=N/C(=C\C=C/C)c1cc(-c2cc(-c3ccccc3)nc(-c3ccccc3)c2)cc(-c2ccc(-c3ccccc3)cn2)c1. The lowest BCUT2D eigenvalue weighted by molar-refractivity contribution is 1.31. The third-order valence-electron chi connectivity index (χ3n) is 7.31. The summed E-state index contributed by atoms with van der Waals surface area (Å²) in [5, 5.41) is 0. The summed E-state index contributed by atoms with van der Waals surface area (Å²) in [5.41, 5.74) is 11.9. The molecule has 3 heteroatoms. The van der Waals surface area contributed by atoms with Crippen molar-refractivity contribution < 1.29 is 0 Å². The van der Waals surface area contributed by atoms with Gasteiger partial charge in [0.15, 0.2) is 0 Å². The van der Waals surface area contributed by atoms with Gasteiger partial charge in [0.2, 0.25) is 0 Å². The Hall–Kier alpha value is -5.67. The molecule has 0 aliphatic carbocycles. The van der Waals surface area contributed by atoms with Crippen LogP contribution in [0.3, 0.4) is 0 Å². The van der Waals surface area contributed by atoms with Crippen LogP contribution in [-0.2, 0) is 0 Å². The molecule has 3 nitrogen and oxygen atoms in total. The van der Waals surface area contributed by atoms with Gasteiger partial charge in [-0.1, -0.05) is 109 Å². The van der Waals surface area contributed by atoms with E-state index >= 15 is 0 Å². The van der Waals surface area contributed by atoms with Crippen molar-refractivity contribution in [3.8, 4) is 56.0 Å². The van der Waals surface area contributed by atoms with Crippen molar-refractivity contribution in [2.24, 2.45) is 4.99 Å². The van der Waals surface area contributed by atoms with E-state index in [4.69, 9.17) is 9.97 Å². The second-order valence-electron chi connectivity index (χ2n) is 10.2. The fourth-order valence-corrected chi connectivity index (χ4v) is 5.09. The van der Waals surface area contributed by atoms with Crippen LogP contribution in [0.5, 0.6) is 0 Å². The maximum absolute atomic E-state index is 5.07. The Labute approximate surface area is 253 Å². The van der Waals surface area contributed by atoms with E-state index in [-0.39, 0.29) is 0 Å². The molecule has 0 aliphatic heterocycles. The minimum atomic E-state index is 0.794. The molecule has 0 bridgehead atoms. The molecule has 0 radical (unpaired) electrons. The number of hydrogen-bond donors (Lipinski definition) is 0. The zero-order valence-corrected chi connectivity index (χ0v) is 24.1. The lowest BCUT2D eigenvalue weighted by Crippen LogP contribution is -1.93. The molecule has 0 aliphatic rings. The van der Waals surface area contributed by atoms with E-state index in [0.717, 1.165) is 67.3 Å². The highest BCUT2D eigenvalue weighted by atomic mass is 14.7. The fraction of sp³-hybridized carbons (Fsp3) is 0.0250. The Kier molecular flexibility index (Phi) is 8.24. The molecule has 0 amide bonds. The van der Waals surface area contributed by atoms with Gasteiger partial charge < -0.3 is 0 Å². The van der Waals surface area contributed by atoms with Gasteiger partial charge in [0.05, 0.1) is 22.8 Å². The predicted octanol–water partition coefficient (Wildman–Crippen LogP) is 10.4. The number of pyridine rings is 2. The summed E-state index contributed by atoms with van der Waals surface area (Å²) in [6.45, 7) is 5.86. The maximum atomic E-state index is 5.07. The maximum Gasteiger partial charge on any atom is 0.0715 e. The van der Waals surface area contributed by atoms with E-state index in [1.54, 1.807) is 0 Å². The molecule has 2 heterocycles. The Morgan fingerprint density at radius 2 is 1.12 bits per heavy atom. The number of allylic oxidation sites excluding steroid dienone is 3. The molecule has 0 unspecified atom stereocenters. The summed E-state index contributed by atoms with van der Waals surface area (Å²) >= 11 is 0. The van der Waals surface area contributed by atoms with Crippen LogP contribution in [0.1, 0.15) is 12.5 Å². The van der Waals surface area contributed by atoms with E-state index < -0.39 is 0 Å². The van der Waals surface area contributed by atoms with E-state index in [1.807, 2.05) is 85.9 Å². The van der Waals surface area contributed by atoms with Crippen LogP contribution in [-0.4, -0.2) is 16.7 Å². The van der Waals surface area contributed by atoms with Crippen molar-refractivity contribution in [2.75, 3.05) is 0 Å². The van der Waals surface area contributed by atoms with Gasteiger partial charge in [-0.05, 0) is 72.8 Å². The second-order valence-corrected chi connectivity index (χ2v) is 10.2. The van der Waals surface area contributed by atoms with Gasteiger partial charge in [0.1, 0.15) is 0 Å². The average molecular weight is 554 g/mol. The van der Waals surface area contributed by atoms with Crippen molar-refractivity contribution >= 4 is 12.4 Å². The number of aromatic nitrogens is 2. The van der Waals surface area contributed by atoms with Gasteiger partial charge in [-0.15, -0.1) is 0 Å². The van der Waals surface area contributed by atoms with Crippen molar-refractivity contribution in [1.82, 2.24) is 9.97 Å². The molecule has 0 saturated carbocycles. The average Bonchev–Trinajstić information content (AvgIpc) is 3.09. The Morgan fingerprint density at radius 3 is 1.65 bits per heavy atom. The zero-order valence-electron chi connectivity index (χ0n) is 24.1. The lowest BCUT2D eigenvalue weighted by Gasteiger charge is -2.14. The third-order valence-corrected chi connectivity index (χ3v) is 7.31.